The van der Waals surface area contributed by atoms with Crippen LogP contribution >= 0.6 is 22.6 Å². The predicted octanol–water partition coefficient (Wildman–Crippen LogP) is 4.19. The Labute approximate surface area is 120 Å². The largest absolute Gasteiger partial charge is 0.399 e. The molecule has 0 amide bonds. The van der Waals surface area contributed by atoms with Crippen LogP contribution in [0.25, 0.3) is 0 Å². The van der Waals surface area contributed by atoms with Crippen LogP contribution in [0, 0.1) is 9.39 Å². The molecule has 2 nitrogen and oxygen atoms in total. The van der Waals surface area contributed by atoms with Crippen LogP contribution < -0.4 is 11.1 Å². The molecule has 4 heteroatoms. The smallest absolute Gasteiger partial charge is 0.128 e. The summed E-state index contributed by atoms with van der Waals surface area (Å²) in [5, 5.41) is 3.29. The van der Waals surface area contributed by atoms with Gasteiger partial charge in [-0.15, -0.1) is 0 Å². The minimum absolute atomic E-state index is 0.0941. The van der Waals surface area contributed by atoms with Gasteiger partial charge in [-0.2, -0.15) is 0 Å². The molecule has 0 saturated heterocycles. The normalized spacial score (nSPS) is 12.2. The molecule has 0 bridgehead atoms. The fraction of sp³-hybridized carbons (Fsp3) is 0.143. The summed E-state index contributed by atoms with van der Waals surface area (Å²) in [6, 6.07) is 12.3. The Morgan fingerprint density at radius 2 is 1.94 bits per heavy atom. The molecule has 2 aromatic carbocycles. The minimum atomic E-state index is -0.192. The first-order valence-electron chi connectivity index (χ1n) is 5.64. The number of benzene rings is 2. The highest BCUT2D eigenvalue weighted by Gasteiger charge is 2.11. The van der Waals surface area contributed by atoms with Gasteiger partial charge >= 0.3 is 0 Å². The maximum absolute atomic E-state index is 13.6. The monoisotopic (exact) mass is 356 g/mol. The van der Waals surface area contributed by atoms with Crippen LogP contribution in [0.3, 0.4) is 0 Å². The first kappa shape index (κ1) is 13.1. The number of anilines is 2. The third kappa shape index (κ3) is 2.93. The number of hydrogen-bond donors (Lipinski definition) is 2. The number of nitrogen functional groups attached to an aromatic ring is 1. The summed E-state index contributed by atoms with van der Waals surface area (Å²) in [5.41, 5.74) is 8.04. The van der Waals surface area contributed by atoms with Crippen molar-refractivity contribution in [2.45, 2.75) is 13.0 Å². The fourth-order valence-electron chi connectivity index (χ4n) is 1.79. The molecule has 0 fully saturated rings. The average molecular weight is 356 g/mol. The van der Waals surface area contributed by atoms with Gasteiger partial charge in [-0.1, -0.05) is 18.2 Å². The van der Waals surface area contributed by atoms with E-state index in [4.69, 9.17) is 5.73 Å². The van der Waals surface area contributed by atoms with E-state index < -0.39 is 0 Å². The molecule has 0 radical (unpaired) electrons. The lowest BCUT2D eigenvalue weighted by molar-refractivity contribution is 0.600. The molecule has 0 aromatic heterocycles. The Kier molecular flexibility index (Phi) is 4.06. The van der Waals surface area contributed by atoms with Gasteiger partial charge in [0.05, 0.1) is 6.04 Å². The predicted molar refractivity (Wildman–Crippen MR) is 82.0 cm³/mol. The summed E-state index contributed by atoms with van der Waals surface area (Å²) in [6.07, 6.45) is 0. The van der Waals surface area contributed by atoms with Gasteiger partial charge in [-0.05, 0) is 53.8 Å². The van der Waals surface area contributed by atoms with Crippen LogP contribution in [0.15, 0.2) is 42.5 Å². The Balaban J connectivity index is 2.21. The maximum atomic E-state index is 13.6. The molecule has 0 aliphatic rings. The summed E-state index contributed by atoms with van der Waals surface area (Å²) < 4.78 is 14.7. The molecule has 2 rings (SSSR count). The Hall–Kier alpha value is -1.30. The summed E-state index contributed by atoms with van der Waals surface area (Å²) in [4.78, 5) is 0. The lowest BCUT2D eigenvalue weighted by Crippen LogP contribution is -2.09. The van der Waals surface area contributed by atoms with Crippen LogP contribution in [0.5, 0.6) is 0 Å². The van der Waals surface area contributed by atoms with Crippen molar-refractivity contribution in [1.29, 1.82) is 0 Å². The molecular formula is C14H14FIN2. The van der Waals surface area contributed by atoms with Crippen LogP contribution in [0.4, 0.5) is 15.8 Å². The van der Waals surface area contributed by atoms with Crippen LogP contribution in [0.1, 0.15) is 18.5 Å². The van der Waals surface area contributed by atoms with Crippen molar-refractivity contribution < 1.29 is 4.39 Å². The molecule has 0 aliphatic heterocycles. The van der Waals surface area contributed by atoms with Gasteiger partial charge < -0.3 is 11.1 Å². The van der Waals surface area contributed by atoms with Crippen molar-refractivity contribution in [2.24, 2.45) is 0 Å². The lowest BCUT2D eigenvalue weighted by atomic mass is 10.1. The van der Waals surface area contributed by atoms with Crippen molar-refractivity contribution >= 4 is 34.0 Å². The Morgan fingerprint density at radius 1 is 1.22 bits per heavy atom. The first-order chi connectivity index (χ1) is 8.58. The van der Waals surface area contributed by atoms with E-state index in [0.717, 1.165) is 14.9 Å². The van der Waals surface area contributed by atoms with Gasteiger partial charge in [0.1, 0.15) is 5.82 Å². The maximum Gasteiger partial charge on any atom is 0.128 e. The summed E-state index contributed by atoms with van der Waals surface area (Å²) in [6.45, 7) is 1.94. The van der Waals surface area contributed by atoms with E-state index in [1.807, 2.05) is 31.2 Å². The second-order valence-electron chi connectivity index (χ2n) is 4.13. The van der Waals surface area contributed by atoms with E-state index in [0.29, 0.717) is 5.56 Å². The molecule has 0 aliphatic carbocycles. The van der Waals surface area contributed by atoms with Crippen molar-refractivity contribution in [3.8, 4) is 0 Å². The number of hydrogen-bond acceptors (Lipinski definition) is 2. The number of halogens is 2. The fourth-order valence-corrected chi connectivity index (χ4v) is 2.48. The third-order valence-corrected chi connectivity index (χ3v) is 3.63. The van der Waals surface area contributed by atoms with Gasteiger partial charge in [0.25, 0.3) is 0 Å². The first-order valence-corrected chi connectivity index (χ1v) is 6.72. The molecule has 0 spiro atoms. The molecule has 18 heavy (non-hydrogen) atoms. The van der Waals surface area contributed by atoms with Crippen LogP contribution in [-0.4, -0.2) is 0 Å². The van der Waals surface area contributed by atoms with Gasteiger partial charge in [0.2, 0.25) is 0 Å². The Bertz CT molecular complexity index is 557. The number of nitrogens with two attached hydrogens (primary N) is 1. The molecule has 0 heterocycles. The van der Waals surface area contributed by atoms with E-state index >= 15 is 0 Å². The van der Waals surface area contributed by atoms with E-state index in [-0.39, 0.29) is 11.9 Å². The highest BCUT2D eigenvalue weighted by Crippen LogP contribution is 2.26. The molecule has 0 saturated carbocycles. The molecular weight excluding hydrogens is 342 g/mol. The second kappa shape index (κ2) is 5.56. The van der Waals surface area contributed by atoms with Gasteiger partial charge in [-0.25, -0.2) is 4.39 Å². The van der Waals surface area contributed by atoms with Crippen molar-refractivity contribution in [3.63, 3.8) is 0 Å². The summed E-state index contributed by atoms with van der Waals surface area (Å²) in [7, 11) is 0. The summed E-state index contributed by atoms with van der Waals surface area (Å²) in [5.74, 6) is -0.192. The zero-order valence-corrected chi connectivity index (χ0v) is 12.1. The van der Waals surface area contributed by atoms with Crippen molar-refractivity contribution in [2.75, 3.05) is 11.1 Å². The molecule has 1 atom stereocenters. The topological polar surface area (TPSA) is 38.0 Å². The minimum Gasteiger partial charge on any atom is -0.399 e. The number of nitrogens with one attached hydrogen (secondary N) is 1. The zero-order chi connectivity index (χ0) is 13.1. The molecule has 3 N–H and O–H groups in total. The third-order valence-electron chi connectivity index (χ3n) is 2.74. The molecule has 94 valence electrons. The molecule has 1 unspecified atom stereocenters. The lowest BCUT2D eigenvalue weighted by Gasteiger charge is -2.17. The van der Waals surface area contributed by atoms with Crippen LogP contribution in [0.2, 0.25) is 0 Å². The van der Waals surface area contributed by atoms with E-state index in [1.54, 1.807) is 12.1 Å². The van der Waals surface area contributed by atoms with Crippen molar-refractivity contribution in [1.82, 2.24) is 0 Å². The highest BCUT2D eigenvalue weighted by atomic mass is 127. The quantitative estimate of drug-likeness (QED) is 0.640. The van der Waals surface area contributed by atoms with Gasteiger partial charge in [-0.3, -0.25) is 0 Å². The Morgan fingerprint density at radius 3 is 2.61 bits per heavy atom. The van der Waals surface area contributed by atoms with Crippen molar-refractivity contribution in [3.05, 3.63) is 57.4 Å². The van der Waals surface area contributed by atoms with Crippen LogP contribution in [-0.2, 0) is 0 Å². The van der Waals surface area contributed by atoms with E-state index in [2.05, 4.69) is 27.9 Å². The SMILES string of the molecule is CC(Nc1ccc(N)cc1I)c1ccccc1F. The summed E-state index contributed by atoms with van der Waals surface area (Å²) >= 11 is 2.21. The van der Waals surface area contributed by atoms with E-state index in [1.165, 1.54) is 6.07 Å². The molecule has 2 aromatic rings. The average Bonchev–Trinajstić information content (AvgIpc) is 2.33. The second-order valence-corrected chi connectivity index (χ2v) is 5.29. The number of rotatable bonds is 3. The zero-order valence-electron chi connectivity index (χ0n) is 9.95. The standard InChI is InChI=1S/C14H14FIN2/c1-9(11-4-2-3-5-12(11)15)18-14-7-6-10(17)8-13(14)16/h2-9,18H,17H2,1H3. The van der Waals surface area contributed by atoms with E-state index in [9.17, 15) is 4.39 Å². The van der Waals surface area contributed by atoms with Gasteiger partial charge in [0.15, 0.2) is 0 Å². The van der Waals surface area contributed by atoms with Gasteiger partial charge in [0, 0.05) is 20.5 Å². The highest BCUT2D eigenvalue weighted by molar-refractivity contribution is 14.1.